The lowest BCUT2D eigenvalue weighted by molar-refractivity contribution is 0.313. The first kappa shape index (κ1) is 11.1. The van der Waals surface area contributed by atoms with Crippen LogP contribution in [0.2, 0.25) is 0 Å². The topological polar surface area (TPSA) is 6.48 Å². The summed E-state index contributed by atoms with van der Waals surface area (Å²) in [6.45, 7) is 6.97. The molecule has 2 nitrogen and oxygen atoms in total. The molecule has 0 amide bonds. The van der Waals surface area contributed by atoms with Gasteiger partial charge in [-0.2, -0.15) is 0 Å². The standard InChI is InChI=1S/C15H22N2/c1-12-3-6-14(11-15(12)13-4-5-13)17-9-7-16(2)8-10-17/h3,6,11,13H,4-5,7-10H2,1-2H3. The molecule has 2 fully saturated rings. The number of hydrogen-bond acceptors (Lipinski definition) is 2. The van der Waals surface area contributed by atoms with E-state index in [2.05, 4.69) is 42.0 Å². The molecule has 2 aliphatic rings. The fourth-order valence-electron chi connectivity index (χ4n) is 2.72. The smallest absolute Gasteiger partial charge is 0.0370 e. The van der Waals surface area contributed by atoms with Crippen molar-refractivity contribution in [2.45, 2.75) is 25.7 Å². The first-order valence-corrected chi connectivity index (χ1v) is 6.78. The van der Waals surface area contributed by atoms with Gasteiger partial charge in [0.05, 0.1) is 0 Å². The molecule has 1 aliphatic heterocycles. The van der Waals surface area contributed by atoms with Gasteiger partial charge in [-0.3, -0.25) is 0 Å². The number of nitrogens with zero attached hydrogens (tertiary/aromatic N) is 2. The lowest BCUT2D eigenvalue weighted by Gasteiger charge is -2.34. The summed E-state index contributed by atoms with van der Waals surface area (Å²) in [4.78, 5) is 4.94. The Bertz CT molecular complexity index is 401. The Balaban J connectivity index is 1.80. The Morgan fingerprint density at radius 3 is 2.41 bits per heavy atom. The second-order valence-electron chi connectivity index (χ2n) is 5.61. The number of benzene rings is 1. The van der Waals surface area contributed by atoms with Gasteiger partial charge >= 0.3 is 0 Å². The number of aryl methyl sites for hydroxylation is 1. The Hall–Kier alpha value is -1.02. The monoisotopic (exact) mass is 230 g/mol. The summed E-state index contributed by atoms with van der Waals surface area (Å²) >= 11 is 0. The third kappa shape index (κ3) is 2.32. The van der Waals surface area contributed by atoms with E-state index >= 15 is 0 Å². The van der Waals surface area contributed by atoms with Crippen LogP contribution in [0.5, 0.6) is 0 Å². The van der Waals surface area contributed by atoms with Crippen LogP contribution in [0.1, 0.15) is 29.9 Å². The van der Waals surface area contributed by atoms with Gasteiger partial charge in [0.15, 0.2) is 0 Å². The largest absolute Gasteiger partial charge is 0.369 e. The van der Waals surface area contributed by atoms with Gasteiger partial charge in [-0.25, -0.2) is 0 Å². The van der Waals surface area contributed by atoms with Crippen LogP contribution in [-0.2, 0) is 0 Å². The molecule has 1 aliphatic carbocycles. The molecule has 17 heavy (non-hydrogen) atoms. The van der Waals surface area contributed by atoms with E-state index in [-0.39, 0.29) is 0 Å². The van der Waals surface area contributed by atoms with Gasteiger partial charge in [0.2, 0.25) is 0 Å². The summed E-state index contributed by atoms with van der Waals surface area (Å²) < 4.78 is 0. The quantitative estimate of drug-likeness (QED) is 0.770. The van der Waals surface area contributed by atoms with Crippen LogP contribution in [-0.4, -0.2) is 38.1 Å². The zero-order valence-electron chi connectivity index (χ0n) is 10.9. The van der Waals surface area contributed by atoms with Crippen molar-refractivity contribution >= 4 is 5.69 Å². The molecular weight excluding hydrogens is 208 g/mol. The number of piperazine rings is 1. The Morgan fingerprint density at radius 1 is 1.06 bits per heavy atom. The molecular formula is C15H22N2. The van der Waals surface area contributed by atoms with Gasteiger partial charge in [0.25, 0.3) is 0 Å². The van der Waals surface area contributed by atoms with Crippen molar-refractivity contribution in [1.29, 1.82) is 0 Å². The Morgan fingerprint density at radius 2 is 1.76 bits per heavy atom. The molecule has 92 valence electrons. The van der Waals surface area contributed by atoms with Crippen molar-refractivity contribution in [3.8, 4) is 0 Å². The first-order valence-electron chi connectivity index (χ1n) is 6.78. The molecule has 0 bridgehead atoms. The summed E-state index contributed by atoms with van der Waals surface area (Å²) in [5, 5.41) is 0. The Kier molecular flexibility index (Phi) is 2.83. The summed E-state index contributed by atoms with van der Waals surface area (Å²) in [6, 6.07) is 7.05. The van der Waals surface area contributed by atoms with Crippen molar-refractivity contribution < 1.29 is 0 Å². The van der Waals surface area contributed by atoms with Crippen molar-refractivity contribution in [2.24, 2.45) is 0 Å². The molecule has 1 saturated heterocycles. The highest BCUT2D eigenvalue weighted by atomic mass is 15.2. The molecule has 0 radical (unpaired) electrons. The number of hydrogen-bond donors (Lipinski definition) is 0. The second kappa shape index (κ2) is 4.34. The van der Waals surface area contributed by atoms with Crippen LogP contribution in [0.3, 0.4) is 0 Å². The van der Waals surface area contributed by atoms with E-state index in [1.165, 1.54) is 50.3 Å². The third-order valence-electron chi connectivity index (χ3n) is 4.15. The molecule has 0 aromatic heterocycles. The highest BCUT2D eigenvalue weighted by Crippen LogP contribution is 2.42. The molecule has 0 atom stereocenters. The predicted octanol–water partition coefficient (Wildman–Crippen LogP) is 2.62. The molecule has 0 unspecified atom stereocenters. The van der Waals surface area contributed by atoms with Gasteiger partial charge in [-0.1, -0.05) is 6.07 Å². The minimum Gasteiger partial charge on any atom is -0.369 e. The lowest BCUT2D eigenvalue weighted by atomic mass is 10.0. The van der Waals surface area contributed by atoms with Crippen LogP contribution in [0.4, 0.5) is 5.69 Å². The van der Waals surface area contributed by atoms with E-state index in [1.807, 2.05) is 0 Å². The first-order chi connectivity index (χ1) is 8.24. The molecule has 0 N–H and O–H groups in total. The maximum absolute atomic E-state index is 2.53. The van der Waals surface area contributed by atoms with Gasteiger partial charge in [-0.05, 0) is 56.0 Å². The molecule has 1 saturated carbocycles. The molecule has 2 heteroatoms. The minimum absolute atomic E-state index is 0.863. The van der Waals surface area contributed by atoms with Crippen LogP contribution in [0, 0.1) is 6.92 Å². The fourth-order valence-corrected chi connectivity index (χ4v) is 2.72. The average molecular weight is 230 g/mol. The summed E-state index contributed by atoms with van der Waals surface area (Å²) in [5.74, 6) is 0.863. The van der Waals surface area contributed by atoms with Crippen molar-refractivity contribution in [3.63, 3.8) is 0 Å². The van der Waals surface area contributed by atoms with Crippen LogP contribution in [0.25, 0.3) is 0 Å². The zero-order chi connectivity index (χ0) is 11.8. The summed E-state index contributed by atoms with van der Waals surface area (Å²) in [6.07, 6.45) is 2.79. The average Bonchev–Trinajstić information content (AvgIpc) is 3.15. The van der Waals surface area contributed by atoms with E-state index in [1.54, 1.807) is 5.56 Å². The van der Waals surface area contributed by atoms with E-state index < -0.39 is 0 Å². The van der Waals surface area contributed by atoms with E-state index in [0.717, 1.165) is 5.92 Å². The zero-order valence-corrected chi connectivity index (χ0v) is 10.9. The van der Waals surface area contributed by atoms with E-state index in [9.17, 15) is 0 Å². The van der Waals surface area contributed by atoms with Gasteiger partial charge < -0.3 is 9.80 Å². The lowest BCUT2D eigenvalue weighted by Crippen LogP contribution is -2.44. The highest BCUT2D eigenvalue weighted by Gasteiger charge is 2.26. The maximum atomic E-state index is 2.53. The predicted molar refractivity (Wildman–Crippen MR) is 72.9 cm³/mol. The molecule has 1 heterocycles. The SMILES string of the molecule is Cc1ccc(N2CCN(C)CC2)cc1C1CC1. The van der Waals surface area contributed by atoms with Gasteiger partial charge in [-0.15, -0.1) is 0 Å². The van der Waals surface area contributed by atoms with E-state index in [4.69, 9.17) is 0 Å². The second-order valence-corrected chi connectivity index (χ2v) is 5.61. The number of rotatable bonds is 2. The van der Waals surface area contributed by atoms with Crippen molar-refractivity contribution in [1.82, 2.24) is 4.90 Å². The molecule has 3 rings (SSSR count). The third-order valence-corrected chi connectivity index (χ3v) is 4.15. The fraction of sp³-hybridized carbons (Fsp3) is 0.600. The normalized spacial score (nSPS) is 21.9. The number of likely N-dealkylation sites (N-methyl/N-ethyl adjacent to an activating group) is 1. The van der Waals surface area contributed by atoms with Crippen LogP contribution >= 0.6 is 0 Å². The van der Waals surface area contributed by atoms with Gasteiger partial charge in [0, 0.05) is 31.9 Å². The number of anilines is 1. The maximum Gasteiger partial charge on any atom is 0.0370 e. The van der Waals surface area contributed by atoms with Crippen molar-refractivity contribution in [2.75, 3.05) is 38.1 Å². The van der Waals surface area contributed by atoms with Crippen molar-refractivity contribution in [3.05, 3.63) is 29.3 Å². The van der Waals surface area contributed by atoms with Gasteiger partial charge in [0.1, 0.15) is 0 Å². The molecule has 1 aromatic rings. The molecule has 1 aromatic carbocycles. The van der Waals surface area contributed by atoms with Crippen LogP contribution in [0.15, 0.2) is 18.2 Å². The summed E-state index contributed by atoms with van der Waals surface area (Å²) in [7, 11) is 2.21. The van der Waals surface area contributed by atoms with Crippen LogP contribution < -0.4 is 4.90 Å². The summed E-state index contributed by atoms with van der Waals surface area (Å²) in [5.41, 5.74) is 4.51. The highest BCUT2D eigenvalue weighted by molar-refractivity contribution is 5.53. The molecule has 0 spiro atoms. The minimum atomic E-state index is 0.863. The van der Waals surface area contributed by atoms with E-state index in [0.29, 0.717) is 0 Å². The Labute approximate surface area is 104 Å².